The van der Waals surface area contributed by atoms with Crippen LogP contribution in [0.1, 0.15) is 19.4 Å². The van der Waals surface area contributed by atoms with E-state index in [1.54, 1.807) is 35.1 Å². The predicted molar refractivity (Wildman–Crippen MR) is 119 cm³/mol. The maximum Gasteiger partial charge on any atom is 0.327 e. The molecule has 162 valence electrons. The Morgan fingerprint density at radius 3 is 2.81 bits per heavy atom. The standard InChI is InChI=1S/C22H26FN7O/c1-13-10-29(11-14(2)25-13)19-4-6-24-21-17(19)5-7-30(21)22(31)26-16-8-15-12-28(3)27-20(15)18(23)9-16/h4,6,8-9,12-14,25H,5,7,10-11H2,1-3H3,(H,26,31)/t13-,14+. The summed E-state index contributed by atoms with van der Waals surface area (Å²) in [6.45, 7) is 6.73. The summed E-state index contributed by atoms with van der Waals surface area (Å²) in [5.74, 6) is 0.217. The maximum absolute atomic E-state index is 14.4. The minimum Gasteiger partial charge on any atom is -0.368 e. The molecule has 8 nitrogen and oxygen atoms in total. The first-order valence-corrected chi connectivity index (χ1v) is 10.6. The quantitative estimate of drug-likeness (QED) is 0.663. The van der Waals surface area contributed by atoms with Gasteiger partial charge in [0, 0.05) is 73.5 Å². The van der Waals surface area contributed by atoms with Crippen LogP contribution in [0, 0.1) is 5.82 Å². The molecule has 0 bridgehead atoms. The van der Waals surface area contributed by atoms with E-state index in [9.17, 15) is 9.18 Å². The number of amides is 2. The molecule has 5 rings (SSSR count). The van der Waals surface area contributed by atoms with Crippen LogP contribution < -0.4 is 20.4 Å². The summed E-state index contributed by atoms with van der Waals surface area (Å²) in [7, 11) is 1.74. The zero-order valence-corrected chi connectivity index (χ0v) is 17.9. The molecule has 4 heterocycles. The van der Waals surface area contributed by atoms with Crippen LogP contribution in [0.4, 0.5) is 26.4 Å². The van der Waals surface area contributed by atoms with Crippen LogP contribution in [0.15, 0.2) is 30.6 Å². The van der Waals surface area contributed by atoms with Crippen molar-refractivity contribution in [3.05, 3.63) is 42.0 Å². The van der Waals surface area contributed by atoms with Crippen molar-refractivity contribution in [3.8, 4) is 0 Å². The van der Waals surface area contributed by atoms with E-state index in [0.717, 1.165) is 30.8 Å². The number of pyridine rings is 1. The molecule has 0 radical (unpaired) electrons. The number of carbonyl (C=O) groups is 1. The molecule has 1 saturated heterocycles. The number of fused-ring (bicyclic) bond motifs is 2. The Hall–Kier alpha value is -3.20. The highest BCUT2D eigenvalue weighted by Gasteiger charge is 2.31. The monoisotopic (exact) mass is 423 g/mol. The summed E-state index contributed by atoms with van der Waals surface area (Å²) in [6.07, 6.45) is 4.23. The second-order valence-electron chi connectivity index (χ2n) is 8.54. The van der Waals surface area contributed by atoms with Crippen molar-refractivity contribution < 1.29 is 9.18 Å². The van der Waals surface area contributed by atoms with Crippen molar-refractivity contribution >= 4 is 34.1 Å². The lowest BCUT2D eigenvalue weighted by Crippen LogP contribution is -2.54. The minimum atomic E-state index is -0.461. The Balaban J connectivity index is 1.39. The van der Waals surface area contributed by atoms with Crippen LogP contribution in [0.25, 0.3) is 10.9 Å². The molecule has 3 aromatic rings. The molecule has 1 fully saturated rings. The van der Waals surface area contributed by atoms with Gasteiger partial charge in [-0.05, 0) is 38.5 Å². The molecule has 2 N–H and O–H groups in total. The molecule has 9 heteroatoms. The Labute approximate surface area is 180 Å². The van der Waals surface area contributed by atoms with Gasteiger partial charge in [0.2, 0.25) is 0 Å². The summed E-state index contributed by atoms with van der Waals surface area (Å²) in [5.41, 5.74) is 2.92. The van der Waals surface area contributed by atoms with Gasteiger partial charge in [-0.3, -0.25) is 9.58 Å². The van der Waals surface area contributed by atoms with Gasteiger partial charge in [-0.1, -0.05) is 0 Å². The SMILES string of the molecule is C[C@@H]1CN(c2ccnc3c2CCN3C(=O)Nc2cc(F)c3nn(C)cc3c2)C[C@H](C)N1. The van der Waals surface area contributed by atoms with E-state index >= 15 is 0 Å². The van der Waals surface area contributed by atoms with Gasteiger partial charge in [0.25, 0.3) is 0 Å². The molecule has 1 aromatic carbocycles. The lowest BCUT2D eigenvalue weighted by molar-refractivity contribution is 0.257. The van der Waals surface area contributed by atoms with Gasteiger partial charge >= 0.3 is 6.03 Å². The molecule has 0 spiro atoms. The van der Waals surface area contributed by atoms with E-state index in [1.165, 1.54) is 6.07 Å². The van der Waals surface area contributed by atoms with Crippen molar-refractivity contribution in [1.82, 2.24) is 20.1 Å². The largest absolute Gasteiger partial charge is 0.368 e. The average molecular weight is 423 g/mol. The number of benzene rings is 1. The van der Waals surface area contributed by atoms with Gasteiger partial charge in [-0.25, -0.2) is 14.2 Å². The van der Waals surface area contributed by atoms with Gasteiger partial charge in [0.1, 0.15) is 11.3 Å². The van der Waals surface area contributed by atoms with Crippen molar-refractivity contribution in [3.63, 3.8) is 0 Å². The van der Waals surface area contributed by atoms with Gasteiger partial charge in [0.05, 0.1) is 0 Å². The lowest BCUT2D eigenvalue weighted by atomic mass is 10.1. The average Bonchev–Trinajstić information content (AvgIpc) is 3.30. The number of nitrogens with one attached hydrogen (secondary N) is 2. The Kier molecular flexibility index (Phi) is 4.77. The highest BCUT2D eigenvalue weighted by molar-refractivity contribution is 6.03. The summed E-state index contributed by atoms with van der Waals surface area (Å²) in [6, 6.07) is 5.55. The second-order valence-corrected chi connectivity index (χ2v) is 8.54. The summed E-state index contributed by atoms with van der Waals surface area (Å²) >= 11 is 0. The number of halogens is 1. The fourth-order valence-corrected chi connectivity index (χ4v) is 4.77. The second kappa shape index (κ2) is 7.49. The number of nitrogens with zero attached hydrogens (tertiary/aromatic N) is 5. The van der Waals surface area contributed by atoms with Crippen LogP contribution in [0.2, 0.25) is 0 Å². The van der Waals surface area contributed by atoms with Gasteiger partial charge < -0.3 is 15.5 Å². The maximum atomic E-state index is 14.4. The first-order chi connectivity index (χ1) is 14.9. The summed E-state index contributed by atoms with van der Waals surface area (Å²) in [5, 5.41) is 11.1. The number of aryl methyl sites for hydroxylation is 1. The number of hydrogen-bond donors (Lipinski definition) is 2. The van der Waals surface area contributed by atoms with E-state index in [2.05, 4.69) is 39.5 Å². The first kappa shape index (κ1) is 19.7. The number of urea groups is 1. The molecule has 2 amide bonds. The van der Waals surface area contributed by atoms with Crippen LogP contribution in [0.3, 0.4) is 0 Å². The zero-order valence-electron chi connectivity index (χ0n) is 17.9. The van der Waals surface area contributed by atoms with Crippen LogP contribution in [-0.4, -0.2) is 52.5 Å². The first-order valence-electron chi connectivity index (χ1n) is 10.6. The van der Waals surface area contributed by atoms with Crippen LogP contribution in [0.5, 0.6) is 0 Å². The third-order valence-corrected chi connectivity index (χ3v) is 5.92. The number of carbonyl (C=O) groups excluding carboxylic acids is 1. The van der Waals surface area contributed by atoms with Crippen molar-refractivity contribution in [2.75, 3.05) is 34.8 Å². The number of hydrogen-bond acceptors (Lipinski definition) is 5. The molecule has 0 saturated carbocycles. The minimum absolute atomic E-state index is 0.290. The topological polar surface area (TPSA) is 78.3 Å². The van der Waals surface area contributed by atoms with E-state index in [-0.39, 0.29) is 11.5 Å². The van der Waals surface area contributed by atoms with E-state index in [0.29, 0.717) is 35.5 Å². The molecule has 0 aliphatic carbocycles. The van der Waals surface area contributed by atoms with Gasteiger partial charge in [-0.15, -0.1) is 0 Å². The van der Waals surface area contributed by atoms with Gasteiger partial charge in [-0.2, -0.15) is 5.10 Å². The molecular formula is C22H26FN7O. The Bertz CT molecular complexity index is 1150. The lowest BCUT2D eigenvalue weighted by Gasteiger charge is -2.38. The molecular weight excluding hydrogens is 397 g/mol. The van der Waals surface area contributed by atoms with E-state index in [1.807, 2.05) is 6.07 Å². The zero-order chi connectivity index (χ0) is 21.7. The number of rotatable bonds is 2. The normalized spacial score (nSPS) is 20.9. The van der Waals surface area contributed by atoms with Gasteiger partial charge in [0.15, 0.2) is 5.82 Å². The predicted octanol–water partition coefficient (Wildman–Crippen LogP) is 2.89. The summed E-state index contributed by atoms with van der Waals surface area (Å²) in [4.78, 5) is 21.5. The molecule has 31 heavy (non-hydrogen) atoms. The van der Waals surface area contributed by atoms with Crippen molar-refractivity contribution in [2.24, 2.45) is 7.05 Å². The highest BCUT2D eigenvalue weighted by atomic mass is 19.1. The molecule has 2 aliphatic heterocycles. The number of anilines is 3. The molecule has 2 aromatic heterocycles. The fourth-order valence-electron chi connectivity index (χ4n) is 4.77. The van der Waals surface area contributed by atoms with Crippen molar-refractivity contribution in [1.29, 1.82) is 0 Å². The Morgan fingerprint density at radius 1 is 1.26 bits per heavy atom. The summed E-state index contributed by atoms with van der Waals surface area (Å²) < 4.78 is 15.9. The Morgan fingerprint density at radius 2 is 2.03 bits per heavy atom. The van der Waals surface area contributed by atoms with Crippen LogP contribution in [-0.2, 0) is 13.5 Å². The molecule has 0 unspecified atom stereocenters. The number of aromatic nitrogens is 3. The van der Waals surface area contributed by atoms with Crippen LogP contribution >= 0.6 is 0 Å². The molecule has 2 atom stereocenters. The van der Waals surface area contributed by atoms with E-state index < -0.39 is 5.82 Å². The third-order valence-electron chi connectivity index (χ3n) is 5.92. The highest BCUT2D eigenvalue weighted by Crippen LogP contribution is 2.35. The third kappa shape index (κ3) is 3.59. The van der Waals surface area contributed by atoms with E-state index in [4.69, 9.17) is 0 Å². The number of piperazine rings is 1. The fraction of sp³-hybridized carbons (Fsp3) is 0.409. The smallest absolute Gasteiger partial charge is 0.327 e. The van der Waals surface area contributed by atoms with Crippen molar-refractivity contribution in [2.45, 2.75) is 32.4 Å². The molecule has 2 aliphatic rings.